The number of hydrogen-bond donors (Lipinski definition) is 2. The summed E-state index contributed by atoms with van der Waals surface area (Å²) in [5, 5.41) is 11.7. The van der Waals surface area contributed by atoms with Gasteiger partial charge in [-0.1, -0.05) is 6.92 Å². The average molecular weight is 307 g/mol. The second-order valence-electron chi connectivity index (χ2n) is 7.97. The largest absolute Gasteiger partial charge is 0.480 e. The molecule has 0 aliphatic heterocycles. The average Bonchev–Trinajstić information content (AvgIpc) is 2.44. The van der Waals surface area contributed by atoms with E-state index in [9.17, 15) is 19.5 Å². The number of carboxylic acids is 1. The molecule has 5 nitrogen and oxygen atoms in total. The SMILES string of the molecule is CCC(C)(C(=O)O)C(=O)NC(=O)C12CC3CC(CC(C3)C1)C2. The quantitative estimate of drug-likeness (QED) is 0.781. The van der Waals surface area contributed by atoms with Gasteiger partial charge in [0.15, 0.2) is 0 Å². The molecule has 22 heavy (non-hydrogen) atoms. The molecule has 1 atom stereocenters. The van der Waals surface area contributed by atoms with Crippen LogP contribution in [-0.4, -0.2) is 22.9 Å². The summed E-state index contributed by atoms with van der Waals surface area (Å²) >= 11 is 0. The second kappa shape index (κ2) is 5.07. The molecule has 2 amide bonds. The number of hydrogen-bond acceptors (Lipinski definition) is 3. The van der Waals surface area contributed by atoms with Gasteiger partial charge >= 0.3 is 5.97 Å². The molecule has 4 rings (SSSR count). The minimum Gasteiger partial charge on any atom is -0.480 e. The molecule has 4 fully saturated rings. The highest BCUT2D eigenvalue weighted by molar-refractivity contribution is 6.08. The molecular weight excluding hydrogens is 282 g/mol. The van der Waals surface area contributed by atoms with E-state index in [4.69, 9.17) is 0 Å². The standard InChI is InChI=1S/C17H25NO4/c1-3-16(2,15(21)22)13(19)18-14(20)17-7-10-4-11(8-17)6-12(5-10)9-17/h10-12H,3-9H2,1-2H3,(H,21,22)(H,18,19,20). The third kappa shape index (κ3) is 2.25. The Kier molecular flexibility index (Phi) is 3.57. The minimum absolute atomic E-state index is 0.169. The first-order valence-electron chi connectivity index (χ1n) is 8.38. The van der Waals surface area contributed by atoms with Gasteiger partial charge in [-0.25, -0.2) is 0 Å². The first-order valence-corrected chi connectivity index (χ1v) is 8.38. The number of imide groups is 1. The van der Waals surface area contributed by atoms with Crippen LogP contribution in [0.25, 0.3) is 0 Å². The van der Waals surface area contributed by atoms with Crippen molar-refractivity contribution in [1.82, 2.24) is 5.32 Å². The Morgan fingerprint density at radius 1 is 1.09 bits per heavy atom. The van der Waals surface area contributed by atoms with Crippen LogP contribution < -0.4 is 5.32 Å². The van der Waals surface area contributed by atoms with Crippen LogP contribution in [0.3, 0.4) is 0 Å². The van der Waals surface area contributed by atoms with E-state index >= 15 is 0 Å². The van der Waals surface area contributed by atoms with Crippen LogP contribution in [0.1, 0.15) is 58.8 Å². The lowest BCUT2D eigenvalue weighted by Gasteiger charge is -2.55. The minimum atomic E-state index is -1.53. The van der Waals surface area contributed by atoms with Crippen LogP contribution in [0.2, 0.25) is 0 Å². The van der Waals surface area contributed by atoms with E-state index in [0.717, 1.165) is 19.3 Å². The molecule has 4 saturated carbocycles. The molecule has 4 aliphatic carbocycles. The topological polar surface area (TPSA) is 83.5 Å². The number of rotatable bonds is 4. The zero-order valence-electron chi connectivity index (χ0n) is 13.4. The van der Waals surface area contributed by atoms with Crippen LogP contribution in [0.5, 0.6) is 0 Å². The van der Waals surface area contributed by atoms with Gasteiger partial charge in [-0.3, -0.25) is 19.7 Å². The Balaban J connectivity index is 1.75. The van der Waals surface area contributed by atoms with Crippen molar-refractivity contribution >= 4 is 17.8 Å². The first kappa shape index (κ1) is 15.5. The Labute approximate surface area is 130 Å². The molecule has 5 heteroatoms. The van der Waals surface area contributed by atoms with Gasteiger partial charge in [-0.2, -0.15) is 0 Å². The molecular formula is C17H25NO4. The summed E-state index contributed by atoms with van der Waals surface area (Å²) in [6.45, 7) is 3.04. The number of amides is 2. The van der Waals surface area contributed by atoms with Crippen LogP contribution in [0.4, 0.5) is 0 Å². The third-order valence-corrected chi connectivity index (χ3v) is 6.43. The van der Waals surface area contributed by atoms with E-state index < -0.39 is 22.7 Å². The van der Waals surface area contributed by atoms with Crippen molar-refractivity contribution in [3.05, 3.63) is 0 Å². The monoisotopic (exact) mass is 307 g/mol. The zero-order chi connectivity index (χ0) is 16.1. The van der Waals surface area contributed by atoms with Crippen LogP contribution in [0.15, 0.2) is 0 Å². The van der Waals surface area contributed by atoms with E-state index in [1.165, 1.54) is 26.2 Å². The summed E-state index contributed by atoms with van der Waals surface area (Å²) < 4.78 is 0. The lowest BCUT2D eigenvalue weighted by atomic mass is 9.49. The maximum atomic E-state index is 12.8. The Morgan fingerprint density at radius 3 is 1.91 bits per heavy atom. The number of carboxylic acid groups (broad SMARTS) is 1. The summed E-state index contributed by atoms with van der Waals surface area (Å²) in [6, 6.07) is 0. The number of aliphatic carboxylic acids is 1. The number of carbonyl (C=O) groups excluding carboxylic acids is 2. The van der Waals surface area contributed by atoms with E-state index in [2.05, 4.69) is 5.32 Å². The zero-order valence-corrected chi connectivity index (χ0v) is 13.4. The molecule has 4 aliphatic rings. The van der Waals surface area contributed by atoms with E-state index in [0.29, 0.717) is 17.8 Å². The normalized spacial score (nSPS) is 38.4. The predicted octanol–water partition coefficient (Wildman–Crippen LogP) is 2.35. The Morgan fingerprint density at radius 2 is 1.55 bits per heavy atom. The molecule has 2 N–H and O–H groups in total. The fourth-order valence-corrected chi connectivity index (χ4v) is 5.17. The number of carbonyl (C=O) groups is 3. The highest BCUT2D eigenvalue weighted by atomic mass is 16.4. The molecule has 122 valence electrons. The van der Waals surface area contributed by atoms with Crippen molar-refractivity contribution in [3.8, 4) is 0 Å². The van der Waals surface area contributed by atoms with Crippen molar-refractivity contribution < 1.29 is 19.5 Å². The van der Waals surface area contributed by atoms with Crippen LogP contribution in [0, 0.1) is 28.6 Å². The lowest BCUT2D eigenvalue weighted by molar-refractivity contribution is -0.158. The molecule has 0 spiro atoms. The summed E-state index contributed by atoms with van der Waals surface area (Å²) in [6.07, 6.45) is 6.45. The fraction of sp³-hybridized carbons (Fsp3) is 0.824. The van der Waals surface area contributed by atoms with Gasteiger partial charge in [0.2, 0.25) is 11.8 Å². The van der Waals surface area contributed by atoms with Gasteiger partial charge in [0.25, 0.3) is 0 Å². The summed E-state index contributed by atoms with van der Waals surface area (Å²) in [4.78, 5) is 36.4. The molecule has 4 bridgehead atoms. The predicted molar refractivity (Wildman–Crippen MR) is 79.8 cm³/mol. The Bertz CT molecular complexity index is 491. The van der Waals surface area contributed by atoms with Crippen molar-refractivity contribution in [2.24, 2.45) is 28.6 Å². The van der Waals surface area contributed by atoms with Gasteiger partial charge in [0.1, 0.15) is 5.41 Å². The molecule has 0 aromatic heterocycles. The molecule has 1 unspecified atom stereocenters. The molecule has 0 radical (unpaired) electrons. The summed E-state index contributed by atoms with van der Waals surface area (Å²) in [7, 11) is 0. The van der Waals surface area contributed by atoms with E-state index in [1.807, 2.05) is 0 Å². The van der Waals surface area contributed by atoms with Gasteiger partial charge < -0.3 is 5.11 Å². The third-order valence-electron chi connectivity index (χ3n) is 6.43. The smallest absolute Gasteiger partial charge is 0.318 e. The van der Waals surface area contributed by atoms with Gasteiger partial charge in [-0.15, -0.1) is 0 Å². The molecule has 0 aromatic carbocycles. The summed E-state index contributed by atoms with van der Waals surface area (Å²) in [5.74, 6) is -0.219. The first-order chi connectivity index (χ1) is 10.3. The van der Waals surface area contributed by atoms with Crippen molar-refractivity contribution in [3.63, 3.8) is 0 Å². The second-order valence-corrected chi connectivity index (χ2v) is 7.97. The van der Waals surface area contributed by atoms with Gasteiger partial charge in [0, 0.05) is 0 Å². The molecule has 0 heterocycles. The number of nitrogens with one attached hydrogen (secondary N) is 1. The maximum Gasteiger partial charge on any atom is 0.318 e. The van der Waals surface area contributed by atoms with Crippen LogP contribution in [-0.2, 0) is 14.4 Å². The molecule has 0 saturated heterocycles. The lowest BCUT2D eigenvalue weighted by Crippen LogP contribution is -2.57. The fourth-order valence-electron chi connectivity index (χ4n) is 5.17. The van der Waals surface area contributed by atoms with Crippen molar-refractivity contribution in [2.45, 2.75) is 58.8 Å². The Hall–Kier alpha value is -1.39. The van der Waals surface area contributed by atoms with Gasteiger partial charge in [0.05, 0.1) is 5.41 Å². The summed E-state index contributed by atoms with van der Waals surface area (Å²) in [5.41, 5.74) is -1.95. The van der Waals surface area contributed by atoms with Crippen LogP contribution >= 0.6 is 0 Å². The van der Waals surface area contributed by atoms with E-state index in [1.54, 1.807) is 6.92 Å². The maximum absolute atomic E-state index is 12.8. The molecule has 0 aromatic rings. The highest BCUT2D eigenvalue weighted by Crippen LogP contribution is 2.60. The van der Waals surface area contributed by atoms with E-state index in [-0.39, 0.29) is 12.3 Å². The van der Waals surface area contributed by atoms with Crippen molar-refractivity contribution in [1.29, 1.82) is 0 Å². The highest BCUT2D eigenvalue weighted by Gasteiger charge is 2.55. The van der Waals surface area contributed by atoms with Gasteiger partial charge in [-0.05, 0) is 69.6 Å². The van der Waals surface area contributed by atoms with Crippen molar-refractivity contribution in [2.75, 3.05) is 0 Å².